The number of nitrogens with one attached hydrogen (secondary N) is 1. The van der Waals surface area contributed by atoms with E-state index in [0.29, 0.717) is 0 Å². The Balaban J connectivity index is 1.99. The van der Waals surface area contributed by atoms with Crippen molar-refractivity contribution in [1.82, 2.24) is 0 Å². The van der Waals surface area contributed by atoms with Crippen molar-refractivity contribution >= 4 is 5.69 Å². The number of aryl methyl sites for hydroxylation is 1. The van der Waals surface area contributed by atoms with Crippen LogP contribution in [0.3, 0.4) is 0 Å². The normalized spacial score (nSPS) is 15.3. The van der Waals surface area contributed by atoms with Crippen molar-refractivity contribution < 1.29 is 4.74 Å². The molecule has 0 unspecified atom stereocenters. The second-order valence-corrected chi connectivity index (χ2v) is 4.01. The minimum Gasteiger partial charge on any atom is -0.496 e. The number of rotatable bonds is 4. The van der Waals surface area contributed by atoms with E-state index in [2.05, 4.69) is 24.4 Å². The summed E-state index contributed by atoms with van der Waals surface area (Å²) in [4.78, 5) is 0. The number of benzene rings is 1. The third-order valence-corrected chi connectivity index (χ3v) is 2.69. The fourth-order valence-corrected chi connectivity index (χ4v) is 1.57. The first-order valence-electron chi connectivity index (χ1n) is 5.18. The van der Waals surface area contributed by atoms with Crippen LogP contribution in [0.15, 0.2) is 18.2 Å². The van der Waals surface area contributed by atoms with Crippen LogP contribution in [0, 0.1) is 12.8 Å². The molecule has 2 heteroatoms. The summed E-state index contributed by atoms with van der Waals surface area (Å²) in [6.45, 7) is 3.19. The fourth-order valence-electron chi connectivity index (χ4n) is 1.57. The standard InChI is InChI=1S/C12H17NO/c1-9-7-11(5-6-12(9)14-2)13-8-10-3-4-10/h5-7,10,13H,3-4,8H2,1-2H3. The molecular formula is C12H17NO. The number of anilines is 1. The van der Waals surface area contributed by atoms with Crippen molar-refractivity contribution in [3.8, 4) is 5.75 Å². The van der Waals surface area contributed by atoms with Gasteiger partial charge in [-0.3, -0.25) is 0 Å². The van der Waals surface area contributed by atoms with Gasteiger partial charge in [-0.05, 0) is 49.4 Å². The summed E-state index contributed by atoms with van der Waals surface area (Å²) in [6, 6.07) is 6.24. The number of hydrogen-bond acceptors (Lipinski definition) is 2. The summed E-state index contributed by atoms with van der Waals surface area (Å²) in [7, 11) is 1.71. The summed E-state index contributed by atoms with van der Waals surface area (Å²) in [6.07, 6.45) is 2.78. The Hall–Kier alpha value is -1.18. The second-order valence-electron chi connectivity index (χ2n) is 4.01. The molecule has 0 spiro atoms. The average molecular weight is 191 g/mol. The Morgan fingerprint density at radius 2 is 2.21 bits per heavy atom. The Kier molecular flexibility index (Phi) is 2.62. The molecule has 0 aliphatic heterocycles. The Labute approximate surface area is 85.3 Å². The van der Waals surface area contributed by atoms with Gasteiger partial charge in [0.25, 0.3) is 0 Å². The molecule has 14 heavy (non-hydrogen) atoms. The molecule has 1 N–H and O–H groups in total. The van der Waals surface area contributed by atoms with E-state index in [0.717, 1.165) is 18.2 Å². The van der Waals surface area contributed by atoms with Gasteiger partial charge in [0.15, 0.2) is 0 Å². The van der Waals surface area contributed by atoms with Crippen LogP contribution >= 0.6 is 0 Å². The molecule has 0 atom stereocenters. The third kappa shape index (κ3) is 2.19. The third-order valence-electron chi connectivity index (χ3n) is 2.69. The molecule has 1 fully saturated rings. The van der Waals surface area contributed by atoms with Gasteiger partial charge in [0.05, 0.1) is 7.11 Å². The quantitative estimate of drug-likeness (QED) is 0.790. The zero-order valence-electron chi connectivity index (χ0n) is 8.84. The first-order valence-corrected chi connectivity index (χ1v) is 5.18. The van der Waals surface area contributed by atoms with Gasteiger partial charge < -0.3 is 10.1 Å². The lowest BCUT2D eigenvalue weighted by molar-refractivity contribution is 0.412. The Morgan fingerprint density at radius 1 is 1.43 bits per heavy atom. The molecule has 0 radical (unpaired) electrons. The molecule has 1 saturated carbocycles. The zero-order valence-corrected chi connectivity index (χ0v) is 8.84. The highest BCUT2D eigenvalue weighted by atomic mass is 16.5. The van der Waals surface area contributed by atoms with E-state index in [1.165, 1.54) is 24.1 Å². The van der Waals surface area contributed by atoms with Crippen molar-refractivity contribution in [2.24, 2.45) is 5.92 Å². The summed E-state index contributed by atoms with van der Waals surface area (Å²) >= 11 is 0. The predicted molar refractivity (Wildman–Crippen MR) is 58.9 cm³/mol. The van der Waals surface area contributed by atoms with Crippen LogP contribution in [-0.2, 0) is 0 Å². The maximum Gasteiger partial charge on any atom is 0.121 e. The van der Waals surface area contributed by atoms with Crippen LogP contribution in [0.4, 0.5) is 5.69 Å². The molecule has 1 aliphatic rings. The number of hydrogen-bond donors (Lipinski definition) is 1. The molecule has 0 bridgehead atoms. The van der Waals surface area contributed by atoms with Crippen molar-refractivity contribution in [3.63, 3.8) is 0 Å². The SMILES string of the molecule is COc1ccc(NCC2CC2)cc1C. The molecule has 1 aromatic rings. The van der Waals surface area contributed by atoms with Crippen molar-refractivity contribution in [1.29, 1.82) is 0 Å². The zero-order chi connectivity index (χ0) is 9.97. The molecule has 0 heterocycles. The molecule has 76 valence electrons. The number of methoxy groups -OCH3 is 1. The lowest BCUT2D eigenvalue weighted by Crippen LogP contribution is -2.03. The minimum atomic E-state index is 0.914. The van der Waals surface area contributed by atoms with Crippen LogP contribution in [0.25, 0.3) is 0 Å². The first-order chi connectivity index (χ1) is 6.79. The van der Waals surface area contributed by atoms with Gasteiger partial charge in [-0.2, -0.15) is 0 Å². The highest BCUT2D eigenvalue weighted by molar-refractivity contribution is 5.50. The van der Waals surface area contributed by atoms with Crippen LogP contribution in [0.5, 0.6) is 5.75 Å². The van der Waals surface area contributed by atoms with Gasteiger partial charge in [-0.25, -0.2) is 0 Å². The molecular weight excluding hydrogens is 174 g/mol. The maximum absolute atomic E-state index is 5.21. The van der Waals surface area contributed by atoms with Crippen molar-refractivity contribution in [3.05, 3.63) is 23.8 Å². The topological polar surface area (TPSA) is 21.3 Å². The largest absolute Gasteiger partial charge is 0.496 e. The molecule has 2 rings (SSSR count). The Morgan fingerprint density at radius 3 is 2.79 bits per heavy atom. The highest BCUT2D eigenvalue weighted by Crippen LogP contribution is 2.29. The molecule has 0 aromatic heterocycles. The minimum absolute atomic E-state index is 0.914. The molecule has 1 aliphatic carbocycles. The monoisotopic (exact) mass is 191 g/mol. The lowest BCUT2D eigenvalue weighted by atomic mass is 10.2. The first kappa shape index (κ1) is 9.38. The fraction of sp³-hybridized carbons (Fsp3) is 0.500. The summed E-state index contributed by atoms with van der Waals surface area (Å²) in [5.41, 5.74) is 2.39. The molecule has 0 saturated heterocycles. The van der Waals surface area contributed by atoms with Crippen molar-refractivity contribution in [2.75, 3.05) is 19.0 Å². The van der Waals surface area contributed by atoms with Crippen LogP contribution < -0.4 is 10.1 Å². The van der Waals surface area contributed by atoms with E-state index >= 15 is 0 Å². The van der Waals surface area contributed by atoms with E-state index in [1.54, 1.807) is 7.11 Å². The van der Waals surface area contributed by atoms with Crippen LogP contribution in [0.1, 0.15) is 18.4 Å². The molecule has 2 nitrogen and oxygen atoms in total. The van der Waals surface area contributed by atoms with E-state index < -0.39 is 0 Å². The maximum atomic E-state index is 5.21. The predicted octanol–water partition coefficient (Wildman–Crippen LogP) is 2.83. The van der Waals surface area contributed by atoms with Gasteiger partial charge in [0.2, 0.25) is 0 Å². The Bertz CT molecular complexity index is 318. The molecule has 1 aromatic carbocycles. The van der Waals surface area contributed by atoms with Gasteiger partial charge >= 0.3 is 0 Å². The van der Waals surface area contributed by atoms with E-state index in [1.807, 2.05) is 6.07 Å². The van der Waals surface area contributed by atoms with E-state index in [9.17, 15) is 0 Å². The smallest absolute Gasteiger partial charge is 0.121 e. The average Bonchev–Trinajstić information content (AvgIpc) is 2.98. The van der Waals surface area contributed by atoms with Gasteiger partial charge in [-0.1, -0.05) is 0 Å². The lowest BCUT2D eigenvalue weighted by Gasteiger charge is -2.09. The van der Waals surface area contributed by atoms with Crippen molar-refractivity contribution in [2.45, 2.75) is 19.8 Å². The summed E-state index contributed by atoms with van der Waals surface area (Å²) < 4.78 is 5.21. The van der Waals surface area contributed by atoms with Gasteiger partial charge in [0.1, 0.15) is 5.75 Å². The van der Waals surface area contributed by atoms with Gasteiger partial charge in [0, 0.05) is 12.2 Å². The van der Waals surface area contributed by atoms with E-state index in [4.69, 9.17) is 4.74 Å². The van der Waals surface area contributed by atoms with Gasteiger partial charge in [-0.15, -0.1) is 0 Å². The van der Waals surface area contributed by atoms with Crippen LogP contribution in [0.2, 0.25) is 0 Å². The number of ether oxygens (including phenoxy) is 1. The van der Waals surface area contributed by atoms with Crippen LogP contribution in [-0.4, -0.2) is 13.7 Å². The van der Waals surface area contributed by atoms with E-state index in [-0.39, 0.29) is 0 Å². The highest BCUT2D eigenvalue weighted by Gasteiger charge is 2.20. The summed E-state index contributed by atoms with van der Waals surface area (Å²) in [5.74, 6) is 1.87. The summed E-state index contributed by atoms with van der Waals surface area (Å²) in [5, 5.41) is 3.44. The molecule has 0 amide bonds. The second kappa shape index (κ2) is 3.91.